The molecule has 1 fully saturated rings. The lowest BCUT2D eigenvalue weighted by Gasteiger charge is -2.31. The number of hydrogen-bond donors (Lipinski definition) is 1. The Morgan fingerprint density at radius 2 is 1.64 bits per heavy atom. The van der Waals surface area contributed by atoms with Gasteiger partial charge in [0.05, 0.1) is 5.92 Å². The van der Waals surface area contributed by atoms with Crippen LogP contribution in [0.5, 0.6) is 5.75 Å². The van der Waals surface area contributed by atoms with Crippen molar-refractivity contribution < 1.29 is 19.1 Å². The molecule has 2 aromatic rings. The molecule has 2 N–H and O–H groups in total. The highest BCUT2D eigenvalue weighted by molar-refractivity contribution is 6.30. The first-order valence-corrected chi connectivity index (χ1v) is 9.42. The first-order valence-electron chi connectivity index (χ1n) is 9.04. The van der Waals surface area contributed by atoms with Gasteiger partial charge in [0.2, 0.25) is 5.91 Å². The van der Waals surface area contributed by atoms with Gasteiger partial charge in [-0.15, -0.1) is 0 Å². The second-order valence-electron chi connectivity index (χ2n) is 6.73. The molecule has 0 aliphatic carbocycles. The molecule has 6 nitrogen and oxygen atoms in total. The molecular weight excluding hydrogens is 380 g/mol. The molecule has 1 aliphatic heterocycles. The molecule has 0 radical (unpaired) electrons. The van der Waals surface area contributed by atoms with E-state index in [9.17, 15) is 14.4 Å². The Balaban J connectivity index is 1.55. The lowest BCUT2D eigenvalue weighted by molar-refractivity contribution is -0.136. The van der Waals surface area contributed by atoms with E-state index in [1.54, 1.807) is 53.4 Å². The van der Waals surface area contributed by atoms with Crippen LogP contribution in [-0.4, -0.2) is 42.2 Å². The molecule has 2 aromatic carbocycles. The Labute approximate surface area is 168 Å². The van der Waals surface area contributed by atoms with Crippen molar-refractivity contribution in [3.05, 3.63) is 64.7 Å². The molecule has 3 rings (SSSR count). The summed E-state index contributed by atoms with van der Waals surface area (Å²) in [4.78, 5) is 37.7. The van der Waals surface area contributed by atoms with Gasteiger partial charge >= 0.3 is 0 Å². The summed E-state index contributed by atoms with van der Waals surface area (Å²) in [6.07, 6.45) is 1.46. The van der Waals surface area contributed by atoms with Gasteiger partial charge in [-0.05, 0) is 61.4 Å². The maximum Gasteiger partial charge on any atom is 0.260 e. The average Bonchev–Trinajstić information content (AvgIpc) is 2.72. The topological polar surface area (TPSA) is 89.7 Å². The van der Waals surface area contributed by atoms with Gasteiger partial charge in [0.25, 0.3) is 5.91 Å². The van der Waals surface area contributed by atoms with Crippen molar-refractivity contribution in [2.75, 3.05) is 19.7 Å². The van der Waals surface area contributed by atoms with Crippen LogP contribution in [0, 0.1) is 5.92 Å². The summed E-state index contributed by atoms with van der Waals surface area (Å²) in [5.41, 5.74) is 6.40. The monoisotopic (exact) mass is 400 g/mol. The van der Waals surface area contributed by atoms with Gasteiger partial charge in [-0.1, -0.05) is 11.6 Å². The minimum absolute atomic E-state index is 0.120. The number of likely N-dealkylation sites (tertiary alicyclic amines) is 1. The van der Waals surface area contributed by atoms with Gasteiger partial charge in [-0.2, -0.15) is 0 Å². The standard InChI is InChI=1S/C21H21ClN2O4/c22-17-7-3-14(4-8-17)20(26)15-5-9-18(10-6-15)28-13-19(25)24-11-1-2-16(12-24)21(23)27/h3-10,16H,1-2,11-13H2,(H2,23,27)/t16-/m0/s1. The van der Waals surface area contributed by atoms with Crippen LogP contribution in [-0.2, 0) is 9.59 Å². The zero-order valence-corrected chi connectivity index (χ0v) is 16.0. The van der Waals surface area contributed by atoms with Crippen LogP contribution in [0.25, 0.3) is 0 Å². The van der Waals surface area contributed by atoms with E-state index in [1.807, 2.05) is 0 Å². The highest BCUT2D eigenvalue weighted by atomic mass is 35.5. The highest BCUT2D eigenvalue weighted by Gasteiger charge is 2.27. The zero-order valence-electron chi connectivity index (χ0n) is 15.3. The Kier molecular flexibility index (Phi) is 6.31. The van der Waals surface area contributed by atoms with Gasteiger partial charge in [0.15, 0.2) is 12.4 Å². The number of piperidine rings is 1. The number of nitrogens with zero attached hydrogens (tertiary/aromatic N) is 1. The number of carbonyl (C=O) groups excluding carboxylic acids is 3. The number of primary amides is 1. The number of rotatable bonds is 6. The van der Waals surface area contributed by atoms with Crippen LogP contribution in [0.4, 0.5) is 0 Å². The maximum atomic E-state index is 12.4. The van der Waals surface area contributed by atoms with E-state index in [4.69, 9.17) is 22.1 Å². The van der Waals surface area contributed by atoms with Gasteiger partial charge in [0, 0.05) is 29.2 Å². The van der Waals surface area contributed by atoms with Gasteiger partial charge in [-0.3, -0.25) is 14.4 Å². The molecule has 7 heteroatoms. The summed E-state index contributed by atoms with van der Waals surface area (Å²) in [6.45, 7) is 0.808. The molecule has 1 heterocycles. The Bertz CT molecular complexity index is 865. The molecule has 0 unspecified atom stereocenters. The average molecular weight is 401 g/mol. The molecule has 1 saturated heterocycles. The van der Waals surface area contributed by atoms with E-state index in [1.165, 1.54) is 0 Å². The van der Waals surface area contributed by atoms with Crippen molar-refractivity contribution in [1.82, 2.24) is 4.90 Å². The second kappa shape index (κ2) is 8.89. The SMILES string of the molecule is NC(=O)[C@H]1CCCN(C(=O)COc2ccc(C(=O)c3ccc(Cl)cc3)cc2)C1. The third kappa shape index (κ3) is 4.89. The first-order chi connectivity index (χ1) is 13.4. The van der Waals surface area contributed by atoms with Crippen molar-refractivity contribution in [3.63, 3.8) is 0 Å². The third-order valence-electron chi connectivity index (χ3n) is 4.76. The summed E-state index contributed by atoms with van der Waals surface area (Å²) in [6, 6.07) is 13.3. The fourth-order valence-electron chi connectivity index (χ4n) is 3.14. The molecular formula is C21H21ClN2O4. The van der Waals surface area contributed by atoms with E-state index < -0.39 is 0 Å². The molecule has 0 bridgehead atoms. The lowest BCUT2D eigenvalue weighted by Crippen LogP contribution is -2.45. The Hall–Kier alpha value is -2.86. The van der Waals surface area contributed by atoms with Gasteiger partial charge in [-0.25, -0.2) is 0 Å². The van der Waals surface area contributed by atoms with E-state index in [0.717, 1.165) is 6.42 Å². The maximum absolute atomic E-state index is 12.4. The third-order valence-corrected chi connectivity index (χ3v) is 5.01. The second-order valence-corrected chi connectivity index (χ2v) is 7.17. The van der Waals surface area contributed by atoms with E-state index >= 15 is 0 Å². The number of halogens is 1. The molecule has 0 saturated carbocycles. The summed E-state index contributed by atoms with van der Waals surface area (Å²) >= 11 is 5.84. The molecule has 1 atom stereocenters. The number of benzene rings is 2. The van der Waals surface area contributed by atoms with Crippen LogP contribution >= 0.6 is 11.6 Å². The number of hydrogen-bond acceptors (Lipinski definition) is 4. The number of nitrogens with two attached hydrogens (primary N) is 1. The minimum atomic E-state index is -0.376. The molecule has 2 amide bonds. The summed E-state index contributed by atoms with van der Waals surface area (Å²) in [5, 5.41) is 0.570. The Morgan fingerprint density at radius 3 is 2.25 bits per heavy atom. The number of amides is 2. The van der Waals surface area contributed by atoms with Crippen LogP contribution in [0.2, 0.25) is 5.02 Å². The highest BCUT2D eigenvalue weighted by Crippen LogP contribution is 2.19. The summed E-state index contributed by atoms with van der Waals surface area (Å²) < 4.78 is 5.54. The number of carbonyl (C=O) groups is 3. The summed E-state index contributed by atoms with van der Waals surface area (Å²) in [5.74, 6) is -0.489. The molecule has 0 aromatic heterocycles. The summed E-state index contributed by atoms with van der Waals surface area (Å²) in [7, 11) is 0. The minimum Gasteiger partial charge on any atom is -0.484 e. The zero-order chi connectivity index (χ0) is 20.1. The number of ether oxygens (including phenoxy) is 1. The van der Waals surface area contributed by atoms with Crippen molar-refractivity contribution in [2.45, 2.75) is 12.8 Å². The Morgan fingerprint density at radius 1 is 1.04 bits per heavy atom. The largest absolute Gasteiger partial charge is 0.484 e. The lowest BCUT2D eigenvalue weighted by atomic mass is 9.97. The van der Waals surface area contributed by atoms with E-state index in [2.05, 4.69) is 0 Å². The van der Waals surface area contributed by atoms with E-state index in [-0.39, 0.29) is 30.1 Å². The number of ketones is 1. The van der Waals surface area contributed by atoms with E-state index in [0.29, 0.717) is 41.4 Å². The quantitative estimate of drug-likeness (QED) is 0.755. The normalized spacial score (nSPS) is 16.5. The first kappa shape index (κ1) is 19.9. The predicted molar refractivity (Wildman–Crippen MR) is 105 cm³/mol. The predicted octanol–water partition coefficient (Wildman–Crippen LogP) is 2.67. The fourth-order valence-corrected chi connectivity index (χ4v) is 3.27. The van der Waals surface area contributed by atoms with Crippen molar-refractivity contribution in [3.8, 4) is 5.75 Å². The van der Waals surface area contributed by atoms with Crippen LogP contribution in [0.3, 0.4) is 0 Å². The van der Waals surface area contributed by atoms with Gasteiger partial charge < -0.3 is 15.4 Å². The molecule has 28 heavy (non-hydrogen) atoms. The molecule has 1 aliphatic rings. The molecule has 146 valence electrons. The van der Waals surface area contributed by atoms with Gasteiger partial charge in [0.1, 0.15) is 5.75 Å². The smallest absolute Gasteiger partial charge is 0.260 e. The van der Waals surface area contributed by atoms with Crippen molar-refractivity contribution in [1.29, 1.82) is 0 Å². The van der Waals surface area contributed by atoms with Crippen LogP contribution in [0.1, 0.15) is 28.8 Å². The van der Waals surface area contributed by atoms with Crippen LogP contribution in [0.15, 0.2) is 48.5 Å². The van der Waals surface area contributed by atoms with Crippen molar-refractivity contribution in [2.24, 2.45) is 11.7 Å². The fraction of sp³-hybridized carbons (Fsp3) is 0.286. The van der Waals surface area contributed by atoms with Crippen LogP contribution < -0.4 is 10.5 Å². The van der Waals surface area contributed by atoms with Crippen molar-refractivity contribution >= 4 is 29.2 Å². The molecule has 0 spiro atoms.